The van der Waals surface area contributed by atoms with Gasteiger partial charge in [-0.05, 0) is 23.5 Å². The molecule has 2 atom stereocenters. The van der Waals surface area contributed by atoms with E-state index in [0.717, 1.165) is 30.4 Å². The summed E-state index contributed by atoms with van der Waals surface area (Å²) in [5, 5.41) is 10.0. The van der Waals surface area contributed by atoms with Gasteiger partial charge in [0.05, 0.1) is 17.9 Å². The molecule has 2 N–H and O–H groups in total. The molecule has 0 aliphatic heterocycles. The van der Waals surface area contributed by atoms with E-state index >= 15 is 0 Å². The highest BCUT2D eigenvalue weighted by atomic mass is 32.2. The van der Waals surface area contributed by atoms with E-state index in [0.29, 0.717) is 12.3 Å². The molecule has 1 saturated carbocycles. The van der Waals surface area contributed by atoms with E-state index in [1.807, 2.05) is 24.3 Å². The minimum atomic E-state index is -3.31. The largest absolute Gasteiger partial charge is 0.391 e. The third-order valence-electron chi connectivity index (χ3n) is 4.00. The van der Waals surface area contributed by atoms with E-state index in [1.165, 1.54) is 0 Å². The van der Waals surface area contributed by atoms with Crippen molar-refractivity contribution in [3.8, 4) is 0 Å². The minimum absolute atomic E-state index is 0.170. The number of benzene rings is 1. The molecule has 0 radical (unpaired) electrons. The molecule has 1 aromatic carbocycles. The fraction of sp³-hybridized carbons (Fsp3) is 0.571. The predicted molar refractivity (Wildman–Crippen MR) is 73.2 cm³/mol. The van der Waals surface area contributed by atoms with Crippen molar-refractivity contribution in [2.75, 3.05) is 5.75 Å². The first kappa shape index (κ1) is 13.1. The normalized spacial score (nSPS) is 26.4. The van der Waals surface area contributed by atoms with Gasteiger partial charge >= 0.3 is 0 Å². The van der Waals surface area contributed by atoms with Crippen molar-refractivity contribution in [1.82, 2.24) is 4.72 Å². The number of fused-ring (bicyclic) bond motifs is 1. The number of rotatable bonds is 5. The van der Waals surface area contributed by atoms with Crippen LogP contribution in [0.3, 0.4) is 0 Å². The summed E-state index contributed by atoms with van der Waals surface area (Å²) in [7, 11) is -3.31. The molecule has 3 rings (SSSR count). The zero-order valence-electron chi connectivity index (χ0n) is 10.7. The van der Waals surface area contributed by atoms with Crippen LogP contribution in [-0.2, 0) is 16.4 Å². The molecule has 0 unspecified atom stereocenters. The second-order valence-corrected chi connectivity index (χ2v) is 7.49. The molecule has 1 fully saturated rings. The fourth-order valence-electron chi connectivity index (χ4n) is 2.70. The van der Waals surface area contributed by atoms with E-state index in [2.05, 4.69) is 4.72 Å². The van der Waals surface area contributed by atoms with Gasteiger partial charge in [-0.3, -0.25) is 0 Å². The first-order valence-corrected chi connectivity index (χ1v) is 8.46. The van der Waals surface area contributed by atoms with Crippen molar-refractivity contribution in [3.63, 3.8) is 0 Å². The zero-order valence-corrected chi connectivity index (χ0v) is 11.6. The Hall–Kier alpha value is -0.910. The van der Waals surface area contributed by atoms with Gasteiger partial charge in [-0.25, -0.2) is 13.1 Å². The van der Waals surface area contributed by atoms with Gasteiger partial charge in [0.15, 0.2) is 0 Å². The molecule has 0 amide bonds. The van der Waals surface area contributed by atoms with Crippen LogP contribution >= 0.6 is 0 Å². The molecular formula is C14H19NO3S. The van der Waals surface area contributed by atoms with Crippen LogP contribution in [-0.4, -0.2) is 25.4 Å². The third-order valence-corrected chi connectivity index (χ3v) is 5.39. The number of sulfonamides is 1. The van der Waals surface area contributed by atoms with Crippen LogP contribution in [0.2, 0.25) is 0 Å². The number of aliphatic hydroxyl groups excluding tert-OH is 1. The topological polar surface area (TPSA) is 66.4 Å². The van der Waals surface area contributed by atoms with E-state index < -0.39 is 22.2 Å². The van der Waals surface area contributed by atoms with Crippen molar-refractivity contribution in [2.24, 2.45) is 5.92 Å². The summed E-state index contributed by atoms with van der Waals surface area (Å²) >= 11 is 0. The van der Waals surface area contributed by atoms with Crippen molar-refractivity contribution < 1.29 is 13.5 Å². The average Bonchev–Trinajstić information content (AvgIpc) is 3.14. The smallest absolute Gasteiger partial charge is 0.212 e. The lowest BCUT2D eigenvalue weighted by Crippen LogP contribution is -2.35. The summed E-state index contributed by atoms with van der Waals surface area (Å²) < 4.78 is 26.8. The van der Waals surface area contributed by atoms with Crippen LogP contribution in [0, 0.1) is 5.92 Å². The molecule has 4 nitrogen and oxygen atoms in total. The Bertz CT molecular complexity index is 566. The molecule has 0 spiro atoms. The van der Waals surface area contributed by atoms with E-state index in [9.17, 15) is 13.5 Å². The second-order valence-electron chi connectivity index (χ2n) is 5.62. The Balaban J connectivity index is 1.71. The Labute approximate surface area is 113 Å². The monoisotopic (exact) mass is 281 g/mol. The van der Waals surface area contributed by atoms with Crippen molar-refractivity contribution in [3.05, 3.63) is 35.4 Å². The van der Waals surface area contributed by atoms with E-state index in [-0.39, 0.29) is 5.75 Å². The van der Waals surface area contributed by atoms with Crippen LogP contribution < -0.4 is 4.72 Å². The van der Waals surface area contributed by atoms with E-state index in [1.54, 1.807) is 0 Å². The number of hydrogen-bond acceptors (Lipinski definition) is 3. The number of hydrogen-bond donors (Lipinski definition) is 2. The molecule has 104 valence electrons. The quantitative estimate of drug-likeness (QED) is 0.856. The van der Waals surface area contributed by atoms with Gasteiger partial charge in [0.1, 0.15) is 0 Å². The summed E-state index contributed by atoms with van der Waals surface area (Å²) in [5.41, 5.74) is 1.94. The van der Waals surface area contributed by atoms with Gasteiger partial charge in [-0.15, -0.1) is 0 Å². The summed E-state index contributed by atoms with van der Waals surface area (Å²) in [4.78, 5) is 0. The maximum Gasteiger partial charge on any atom is 0.212 e. The lowest BCUT2D eigenvalue weighted by atomic mass is 10.1. The first-order valence-electron chi connectivity index (χ1n) is 6.81. The van der Waals surface area contributed by atoms with Crippen molar-refractivity contribution in [2.45, 2.75) is 37.8 Å². The lowest BCUT2D eigenvalue weighted by molar-refractivity contribution is 0.151. The molecule has 0 aromatic heterocycles. The first-order chi connectivity index (χ1) is 9.05. The van der Waals surface area contributed by atoms with Gasteiger partial charge in [-0.1, -0.05) is 37.1 Å². The van der Waals surface area contributed by atoms with Crippen LogP contribution in [0.4, 0.5) is 0 Å². The van der Waals surface area contributed by atoms with Crippen molar-refractivity contribution in [1.29, 1.82) is 0 Å². The maximum absolute atomic E-state index is 12.1. The van der Waals surface area contributed by atoms with Crippen LogP contribution in [0.5, 0.6) is 0 Å². The highest BCUT2D eigenvalue weighted by Gasteiger charge is 2.34. The number of nitrogens with one attached hydrogen (secondary N) is 1. The molecule has 2 aliphatic carbocycles. The summed E-state index contributed by atoms with van der Waals surface area (Å²) in [6.45, 7) is 0. The second kappa shape index (κ2) is 4.89. The van der Waals surface area contributed by atoms with Gasteiger partial charge in [-0.2, -0.15) is 0 Å². The maximum atomic E-state index is 12.1. The van der Waals surface area contributed by atoms with Crippen molar-refractivity contribution >= 4 is 10.0 Å². The van der Waals surface area contributed by atoms with Gasteiger partial charge < -0.3 is 5.11 Å². The Morgan fingerprint density at radius 3 is 2.74 bits per heavy atom. The number of aliphatic hydroxyl groups is 1. The molecule has 1 aromatic rings. The molecule has 2 aliphatic rings. The van der Waals surface area contributed by atoms with Crippen LogP contribution in [0.1, 0.15) is 36.4 Å². The van der Waals surface area contributed by atoms with E-state index in [4.69, 9.17) is 0 Å². The summed E-state index contributed by atoms with van der Waals surface area (Å²) in [5.74, 6) is 0.764. The Kier molecular flexibility index (Phi) is 3.37. The molecule has 0 saturated heterocycles. The molecular weight excluding hydrogens is 262 g/mol. The standard InChI is InChI=1S/C14H19NO3S/c16-13-9-11-3-1-2-4-12(11)14(13)15-19(17,18)8-7-10-5-6-10/h1-4,10,13-16H,5-9H2/t13-,14+/m1/s1. The molecule has 5 heteroatoms. The highest BCUT2D eigenvalue weighted by Crippen LogP contribution is 2.34. The molecule has 19 heavy (non-hydrogen) atoms. The van der Waals surface area contributed by atoms with Gasteiger partial charge in [0.25, 0.3) is 0 Å². The van der Waals surface area contributed by atoms with Crippen LogP contribution in [0.25, 0.3) is 0 Å². The Morgan fingerprint density at radius 1 is 1.26 bits per heavy atom. The Morgan fingerprint density at radius 2 is 2.00 bits per heavy atom. The zero-order chi connectivity index (χ0) is 13.5. The van der Waals surface area contributed by atoms with Gasteiger partial charge in [0.2, 0.25) is 10.0 Å². The SMILES string of the molecule is O=S(=O)(CCC1CC1)N[C@H]1c2ccccc2C[C@H]1O. The summed E-state index contributed by atoms with van der Waals surface area (Å²) in [6.07, 6.45) is 2.91. The minimum Gasteiger partial charge on any atom is -0.391 e. The lowest BCUT2D eigenvalue weighted by Gasteiger charge is -2.18. The predicted octanol–water partition coefficient (Wildman–Crippen LogP) is 1.36. The highest BCUT2D eigenvalue weighted by molar-refractivity contribution is 7.89. The molecule has 0 heterocycles. The third kappa shape index (κ3) is 2.99. The van der Waals surface area contributed by atoms with Gasteiger partial charge in [0, 0.05) is 6.42 Å². The summed E-state index contributed by atoms with van der Waals surface area (Å²) in [6, 6.07) is 7.13. The average molecular weight is 281 g/mol. The molecule has 0 bridgehead atoms. The fourth-order valence-corrected chi connectivity index (χ4v) is 4.13. The van der Waals surface area contributed by atoms with Crippen LogP contribution in [0.15, 0.2) is 24.3 Å².